The van der Waals surface area contributed by atoms with E-state index in [1.54, 1.807) is 49.8 Å². The van der Waals surface area contributed by atoms with Gasteiger partial charge in [-0.1, -0.05) is 16.8 Å². The zero-order chi connectivity index (χ0) is 29.7. The Labute approximate surface area is 237 Å². The molecule has 3 aromatic heterocycles. The minimum atomic E-state index is -4.61. The van der Waals surface area contributed by atoms with Gasteiger partial charge in [0.05, 0.1) is 40.5 Å². The molecule has 0 fully saturated rings. The fourth-order valence-corrected chi connectivity index (χ4v) is 4.79. The van der Waals surface area contributed by atoms with Crippen LogP contribution in [-0.4, -0.2) is 43.9 Å². The van der Waals surface area contributed by atoms with E-state index in [2.05, 4.69) is 15.2 Å². The third-order valence-electron chi connectivity index (χ3n) is 6.32. The number of benzene rings is 1. The van der Waals surface area contributed by atoms with E-state index in [-0.39, 0.29) is 42.1 Å². The fourth-order valence-electron chi connectivity index (χ4n) is 4.51. The smallest absolute Gasteiger partial charge is 0.417 e. The molecular weight excluding hydrogens is 563 g/mol. The summed E-state index contributed by atoms with van der Waals surface area (Å²) in [6.07, 6.45) is -1.55. The number of hydrogen-bond donors (Lipinski definition) is 0. The summed E-state index contributed by atoms with van der Waals surface area (Å²) in [5.41, 5.74) is 0.824. The van der Waals surface area contributed by atoms with Crippen LogP contribution in [0.4, 0.5) is 18.9 Å². The monoisotopic (exact) mass is 587 g/mol. The Morgan fingerprint density at radius 2 is 1.90 bits per heavy atom. The molecular formula is C28H25ClF3N5O4. The minimum absolute atomic E-state index is 0.0189. The molecule has 0 saturated heterocycles. The predicted molar refractivity (Wildman–Crippen MR) is 143 cm³/mol. The van der Waals surface area contributed by atoms with E-state index < -0.39 is 28.3 Å². The number of fused-ring (bicyclic) bond motifs is 1. The molecule has 0 aliphatic carbocycles. The summed E-state index contributed by atoms with van der Waals surface area (Å²) in [6, 6.07) is 7.98. The van der Waals surface area contributed by atoms with Gasteiger partial charge >= 0.3 is 12.1 Å². The standard InChI is InChI=1S/C28H25ClF3N5O4/c1-15-14-36(18-7-8-20(21(29)10-18)28(30,31)32)26(39)25-19(13-34-37(15)25)23-11-22(35-41-23)16-5-6-17(33-12-16)9-24(38)40-27(2,3)4/h5-8,10-13,15H,9,14H2,1-4H3/t15-/m0/s1. The summed E-state index contributed by atoms with van der Waals surface area (Å²) in [7, 11) is 0. The van der Waals surface area contributed by atoms with Gasteiger partial charge in [0, 0.05) is 30.1 Å². The van der Waals surface area contributed by atoms with Crippen molar-refractivity contribution < 1.29 is 32.0 Å². The summed E-state index contributed by atoms with van der Waals surface area (Å²) in [6.45, 7) is 7.38. The van der Waals surface area contributed by atoms with E-state index >= 15 is 0 Å². The number of pyridine rings is 1. The molecule has 0 spiro atoms. The number of amides is 1. The predicted octanol–water partition coefficient (Wildman–Crippen LogP) is 6.38. The Bertz CT molecular complexity index is 1620. The van der Waals surface area contributed by atoms with Crippen LogP contribution < -0.4 is 4.90 Å². The highest BCUT2D eigenvalue weighted by Gasteiger charge is 2.37. The third-order valence-corrected chi connectivity index (χ3v) is 6.63. The van der Waals surface area contributed by atoms with E-state index in [9.17, 15) is 22.8 Å². The van der Waals surface area contributed by atoms with Crippen LogP contribution in [0.1, 0.15) is 55.5 Å². The lowest BCUT2D eigenvalue weighted by Gasteiger charge is -2.32. The summed E-state index contributed by atoms with van der Waals surface area (Å²) in [4.78, 5) is 31.4. The first-order chi connectivity index (χ1) is 19.2. The number of hydrogen-bond acceptors (Lipinski definition) is 7. The maximum atomic E-state index is 13.6. The number of esters is 1. The first-order valence-electron chi connectivity index (χ1n) is 12.6. The number of halogens is 4. The second-order valence-electron chi connectivity index (χ2n) is 10.7. The van der Waals surface area contributed by atoms with Crippen LogP contribution in [0.25, 0.3) is 22.6 Å². The first-order valence-corrected chi connectivity index (χ1v) is 13.0. The highest BCUT2D eigenvalue weighted by molar-refractivity contribution is 6.31. The number of nitrogens with zero attached hydrogens (tertiary/aromatic N) is 5. The number of aromatic nitrogens is 4. The van der Waals surface area contributed by atoms with Crippen molar-refractivity contribution in [2.24, 2.45) is 0 Å². The second-order valence-corrected chi connectivity index (χ2v) is 11.1. The molecule has 1 aliphatic rings. The van der Waals surface area contributed by atoms with Crippen LogP contribution in [0, 0.1) is 0 Å². The molecule has 0 radical (unpaired) electrons. The normalized spacial score (nSPS) is 15.7. The Kier molecular flexibility index (Phi) is 7.14. The van der Waals surface area contributed by atoms with Crippen molar-refractivity contribution >= 4 is 29.2 Å². The molecule has 4 heterocycles. The zero-order valence-electron chi connectivity index (χ0n) is 22.5. The van der Waals surface area contributed by atoms with E-state index in [1.165, 1.54) is 17.2 Å². The molecule has 5 rings (SSSR count). The molecule has 0 unspecified atom stereocenters. The first kappa shape index (κ1) is 28.3. The Morgan fingerprint density at radius 1 is 1.15 bits per heavy atom. The van der Waals surface area contributed by atoms with Gasteiger partial charge in [-0.2, -0.15) is 18.3 Å². The quantitative estimate of drug-likeness (QED) is 0.250. The van der Waals surface area contributed by atoms with Gasteiger partial charge in [0.2, 0.25) is 0 Å². The number of ether oxygens (including phenoxy) is 1. The molecule has 0 bridgehead atoms. The average molecular weight is 588 g/mol. The number of anilines is 1. The van der Waals surface area contributed by atoms with Crippen molar-refractivity contribution in [2.45, 2.75) is 51.9 Å². The van der Waals surface area contributed by atoms with Gasteiger partial charge in [0.15, 0.2) is 5.76 Å². The van der Waals surface area contributed by atoms with Crippen molar-refractivity contribution in [3.05, 3.63) is 70.8 Å². The Balaban J connectivity index is 1.39. The molecule has 9 nitrogen and oxygen atoms in total. The molecule has 13 heteroatoms. The van der Waals surface area contributed by atoms with E-state index in [0.29, 0.717) is 22.5 Å². The number of rotatable bonds is 5. The number of alkyl halides is 3. The molecule has 214 valence electrons. The van der Waals surface area contributed by atoms with Crippen LogP contribution in [0.2, 0.25) is 5.02 Å². The van der Waals surface area contributed by atoms with Crippen LogP contribution >= 0.6 is 11.6 Å². The molecule has 1 aliphatic heterocycles. The van der Waals surface area contributed by atoms with Crippen molar-refractivity contribution in [1.82, 2.24) is 19.9 Å². The second kappa shape index (κ2) is 10.3. The van der Waals surface area contributed by atoms with Crippen molar-refractivity contribution in [2.75, 3.05) is 11.4 Å². The molecule has 1 atom stereocenters. The van der Waals surface area contributed by atoms with Gasteiger partial charge in [0.1, 0.15) is 17.0 Å². The SMILES string of the molecule is C[C@H]1CN(c2ccc(C(F)(F)F)c(Cl)c2)C(=O)c2c(-c3cc(-c4ccc(CC(=O)OC(C)(C)C)nc4)no3)cnn21. The van der Waals surface area contributed by atoms with Gasteiger partial charge in [-0.05, 0) is 58.0 Å². The molecule has 41 heavy (non-hydrogen) atoms. The minimum Gasteiger partial charge on any atom is -0.460 e. The van der Waals surface area contributed by atoms with Crippen molar-refractivity contribution in [3.63, 3.8) is 0 Å². The number of carbonyl (C=O) groups excluding carboxylic acids is 2. The third kappa shape index (κ3) is 5.83. The topological polar surface area (TPSA) is 103 Å². The highest BCUT2D eigenvalue weighted by Crippen LogP contribution is 2.39. The number of carbonyl (C=O) groups is 2. The molecule has 1 amide bonds. The van der Waals surface area contributed by atoms with Crippen LogP contribution in [-0.2, 0) is 22.1 Å². The van der Waals surface area contributed by atoms with Gasteiger partial charge < -0.3 is 14.2 Å². The molecule has 0 N–H and O–H groups in total. The maximum Gasteiger partial charge on any atom is 0.417 e. The van der Waals surface area contributed by atoms with Crippen molar-refractivity contribution in [1.29, 1.82) is 0 Å². The van der Waals surface area contributed by atoms with E-state index in [4.69, 9.17) is 20.9 Å². The highest BCUT2D eigenvalue weighted by atomic mass is 35.5. The van der Waals surface area contributed by atoms with Gasteiger partial charge in [-0.3, -0.25) is 19.3 Å². The van der Waals surface area contributed by atoms with Crippen LogP contribution in [0.5, 0.6) is 0 Å². The largest absolute Gasteiger partial charge is 0.460 e. The fraction of sp³-hybridized carbons (Fsp3) is 0.321. The van der Waals surface area contributed by atoms with Gasteiger partial charge in [0.25, 0.3) is 5.91 Å². The Hall–Kier alpha value is -4.19. The summed E-state index contributed by atoms with van der Waals surface area (Å²) in [5.74, 6) is -0.594. The zero-order valence-corrected chi connectivity index (χ0v) is 23.2. The summed E-state index contributed by atoms with van der Waals surface area (Å²) in [5, 5.41) is 7.96. The summed E-state index contributed by atoms with van der Waals surface area (Å²) >= 11 is 5.92. The van der Waals surface area contributed by atoms with E-state index in [1.807, 2.05) is 6.92 Å². The maximum absolute atomic E-state index is 13.6. The summed E-state index contributed by atoms with van der Waals surface area (Å²) < 4.78 is 52.0. The lowest BCUT2D eigenvalue weighted by Crippen LogP contribution is -2.42. The van der Waals surface area contributed by atoms with Crippen LogP contribution in [0.15, 0.2) is 53.3 Å². The van der Waals surface area contributed by atoms with Gasteiger partial charge in [-0.15, -0.1) is 0 Å². The van der Waals surface area contributed by atoms with Crippen LogP contribution in [0.3, 0.4) is 0 Å². The van der Waals surface area contributed by atoms with Gasteiger partial charge in [-0.25, -0.2) is 0 Å². The average Bonchev–Trinajstić information content (AvgIpc) is 3.53. The molecule has 1 aromatic carbocycles. The lowest BCUT2D eigenvalue weighted by atomic mass is 10.1. The lowest BCUT2D eigenvalue weighted by molar-refractivity contribution is -0.154. The molecule has 0 saturated carbocycles. The Morgan fingerprint density at radius 3 is 2.54 bits per heavy atom. The van der Waals surface area contributed by atoms with E-state index in [0.717, 1.165) is 12.1 Å². The van der Waals surface area contributed by atoms with Crippen molar-refractivity contribution in [3.8, 4) is 22.6 Å². The molecule has 4 aromatic rings.